The molecule has 0 radical (unpaired) electrons. The standard InChI is InChI=1S/C43H40N4O3/c1-24-19-26(3)44-41(24)39(42-25(2)20-27(4)45-42)29-11-9-28(10-12-29)30-13-16-33(43(48)49)36(21-30)40-34-17-14-31(46(5)6)22-37(34)50-38-23-32(47(7)8)15-18-35(38)40/h9-23H,1-8H3,(H-,44,45,48,49). The average Bonchev–Trinajstić information content (AvgIpc) is 3.60. The van der Waals surface area contributed by atoms with Crippen molar-refractivity contribution in [1.29, 1.82) is 0 Å². The fourth-order valence-electron chi connectivity index (χ4n) is 6.97. The second-order valence-corrected chi connectivity index (χ2v) is 13.6. The molecule has 3 heterocycles. The van der Waals surface area contributed by atoms with Crippen LogP contribution in [0, 0.1) is 13.8 Å². The van der Waals surface area contributed by atoms with E-state index >= 15 is 0 Å². The molecule has 0 fully saturated rings. The minimum absolute atomic E-state index is 0.119. The van der Waals surface area contributed by atoms with Gasteiger partial charge in [-0.3, -0.25) is 4.99 Å². The zero-order chi connectivity index (χ0) is 35.4. The van der Waals surface area contributed by atoms with Gasteiger partial charge < -0.3 is 24.2 Å². The van der Waals surface area contributed by atoms with Crippen molar-refractivity contribution in [1.82, 2.24) is 9.56 Å². The van der Waals surface area contributed by atoms with Crippen LogP contribution >= 0.6 is 0 Å². The Kier molecular flexibility index (Phi) is 8.14. The molecule has 4 aromatic rings. The highest BCUT2D eigenvalue weighted by atomic mass is 16.4. The Hall–Kier alpha value is -5.95. The number of anilines is 1. The predicted molar refractivity (Wildman–Crippen MR) is 203 cm³/mol. The number of aromatic nitrogens is 1. The Morgan fingerprint density at radius 1 is 0.840 bits per heavy atom. The number of hydrogen-bond acceptors (Lipinski definition) is 5. The zero-order valence-corrected chi connectivity index (χ0v) is 29.7. The summed E-state index contributed by atoms with van der Waals surface area (Å²) in [6, 6.07) is 28.1. The number of carboxylic acids is 1. The SMILES string of the molecule is CC1=CC(C)=N/C1=C(/c1ccc(-c2ccc(C(=O)[O-])c(-c3c4ccc(=[N+](C)C)cc-4oc4cc(N(C)C)ccc34)c2)cc1)c1[nH]c(C)cc1C. The van der Waals surface area contributed by atoms with Gasteiger partial charge in [-0.1, -0.05) is 36.4 Å². The third-order valence-electron chi connectivity index (χ3n) is 9.46. The number of carboxylic acid groups (broad SMARTS) is 1. The van der Waals surface area contributed by atoms with Gasteiger partial charge in [0.1, 0.15) is 25.4 Å². The van der Waals surface area contributed by atoms with Crippen LogP contribution in [0.1, 0.15) is 46.7 Å². The molecule has 3 aromatic carbocycles. The van der Waals surface area contributed by atoms with Crippen LogP contribution in [0.2, 0.25) is 0 Å². The highest BCUT2D eigenvalue weighted by Gasteiger charge is 2.23. The van der Waals surface area contributed by atoms with Crippen molar-refractivity contribution in [3.8, 4) is 33.6 Å². The lowest BCUT2D eigenvalue weighted by Crippen LogP contribution is -2.23. The first kappa shape index (κ1) is 32.6. The van der Waals surface area contributed by atoms with Gasteiger partial charge in [-0.05, 0) is 97.5 Å². The number of hydrogen-bond donors (Lipinski definition) is 1. The van der Waals surface area contributed by atoms with Gasteiger partial charge in [-0.2, -0.15) is 0 Å². The number of fused-ring (bicyclic) bond motifs is 2. The number of carbonyl (C=O) groups is 1. The third-order valence-corrected chi connectivity index (χ3v) is 9.46. The summed E-state index contributed by atoms with van der Waals surface area (Å²) in [4.78, 5) is 23.2. The smallest absolute Gasteiger partial charge is 0.203 e. The summed E-state index contributed by atoms with van der Waals surface area (Å²) in [5, 5.41) is 14.5. The first-order chi connectivity index (χ1) is 23.9. The molecule has 0 bridgehead atoms. The van der Waals surface area contributed by atoms with E-state index in [1.807, 2.05) is 93.1 Å². The average molecular weight is 661 g/mol. The number of aryl methyl sites for hydroxylation is 2. The quantitative estimate of drug-likeness (QED) is 0.148. The number of nitrogens with zero attached hydrogens (tertiary/aromatic N) is 3. The van der Waals surface area contributed by atoms with Crippen molar-refractivity contribution in [3.05, 3.63) is 136 Å². The van der Waals surface area contributed by atoms with E-state index in [0.717, 1.165) is 83.8 Å². The molecule has 7 nitrogen and oxygen atoms in total. The largest absolute Gasteiger partial charge is 0.545 e. The molecule has 0 saturated carbocycles. The van der Waals surface area contributed by atoms with Gasteiger partial charge in [0.2, 0.25) is 5.36 Å². The lowest BCUT2D eigenvalue weighted by atomic mass is 9.88. The number of allylic oxidation sites excluding steroid dienone is 2. The maximum Gasteiger partial charge on any atom is 0.203 e. The van der Waals surface area contributed by atoms with Gasteiger partial charge in [-0.15, -0.1) is 0 Å². The van der Waals surface area contributed by atoms with E-state index < -0.39 is 5.97 Å². The number of carbonyl (C=O) groups excluding carboxylic acids is 1. The van der Waals surface area contributed by atoms with Crippen molar-refractivity contribution in [2.75, 3.05) is 33.1 Å². The molecule has 50 heavy (non-hydrogen) atoms. The van der Waals surface area contributed by atoms with E-state index in [1.165, 1.54) is 0 Å². The summed E-state index contributed by atoms with van der Waals surface area (Å²) in [7, 11) is 7.93. The predicted octanol–water partition coefficient (Wildman–Crippen LogP) is 7.46. The number of aromatic amines is 1. The Balaban J connectivity index is 1.42. The monoisotopic (exact) mass is 660 g/mol. The van der Waals surface area contributed by atoms with Gasteiger partial charge in [0, 0.05) is 71.0 Å². The first-order valence-electron chi connectivity index (χ1n) is 16.7. The van der Waals surface area contributed by atoms with E-state index in [9.17, 15) is 9.90 Å². The van der Waals surface area contributed by atoms with Gasteiger partial charge in [-0.25, -0.2) is 4.58 Å². The lowest BCUT2D eigenvalue weighted by Gasteiger charge is -2.20. The first-order valence-corrected chi connectivity index (χ1v) is 16.7. The van der Waals surface area contributed by atoms with Crippen molar-refractivity contribution in [2.45, 2.75) is 27.7 Å². The van der Waals surface area contributed by atoms with Crippen molar-refractivity contribution in [3.63, 3.8) is 0 Å². The normalized spacial score (nSPS) is 13.8. The fraction of sp³-hybridized carbons (Fsp3) is 0.186. The van der Waals surface area contributed by atoms with Crippen molar-refractivity contribution < 1.29 is 14.3 Å². The Bertz CT molecular complexity index is 2480. The number of rotatable bonds is 6. The van der Waals surface area contributed by atoms with E-state index in [2.05, 4.69) is 62.2 Å². The molecule has 7 heteroatoms. The van der Waals surface area contributed by atoms with Gasteiger partial charge in [0.05, 0.1) is 23.4 Å². The van der Waals surface area contributed by atoms with Crippen LogP contribution in [0.3, 0.4) is 0 Å². The Morgan fingerprint density at radius 3 is 2.20 bits per heavy atom. The summed E-state index contributed by atoms with van der Waals surface area (Å²) in [6.07, 6.45) is 2.11. The molecule has 1 aromatic heterocycles. The van der Waals surface area contributed by atoms with E-state index in [-0.39, 0.29) is 5.56 Å². The summed E-state index contributed by atoms with van der Waals surface area (Å²) < 4.78 is 8.52. The molecule has 0 amide bonds. The molecule has 1 N–H and O–H groups in total. The Morgan fingerprint density at radius 2 is 1.58 bits per heavy atom. The molecular weight excluding hydrogens is 620 g/mol. The van der Waals surface area contributed by atoms with Crippen LogP contribution in [-0.2, 0) is 0 Å². The van der Waals surface area contributed by atoms with Crippen LogP contribution in [0.4, 0.5) is 5.69 Å². The lowest BCUT2D eigenvalue weighted by molar-refractivity contribution is -0.254. The van der Waals surface area contributed by atoms with E-state index in [0.29, 0.717) is 16.9 Å². The molecule has 0 unspecified atom stereocenters. The molecule has 7 rings (SSSR count). The van der Waals surface area contributed by atoms with Crippen LogP contribution in [-0.4, -0.2) is 44.9 Å². The molecule has 0 saturated heterocycles. The number of aromatic carboxylic acids is 1. The van der Waals surface area contributed by atoms with Crippen molar-refractivity contribution >= 4 is 33.9 Å². The highest BCUT2D eigenvalue weighted by Crippen LogP contribution is 2.43. The summed E-state index contributed by atoms with van der Waals surface area (Å²) in [5.41, 5.74) is 14.3. The second kappa shape index (κ2) is 12.5. The third kappa shape index (κ3) is 5.75. The summed E-state index contributed by atoms with van der Waals surface area (Å²) in [5.74, 6) is -0.569. The molecule has 2 aliphatic heterocycles. The van der Waals surface area contributed by atoms with Gasteiger partial charge >= 0.3 is 0 Å². The van der Waals surface area contributed by atoms with Crippen LogP contribution < -0.4 is 19.9 Å². The topological polar surface area (TPSA) is 87.7 Å². The molecular formula is C43H40N4O3. The number of H-pyrrole nitrogens is 1. The minimum Gasteiger partial charge on any atom is -0.545 e. The van der Waals surface area contributed by atoms with E-state index in [1.54, 1.807) is 6.07 Å². The minimum atomic E-state index is -1.23. The maximum atomic E-state index is 12.7. The van der Waals surface area contributed by atoms with Gasteiger partial charge in [0.25, 0.3) is 0 Å². The van der Waals surface area contributed by atoms with Crippen LogP contribution in [0.5, 0.6) is 0 Å². The number of benzene rings is 4. The molecule has 0 spiro atoms. The fourth-order valence-corrected chi connectivity index (χ4v) is 6.97. The van der Waals surface area contributed by atoms with Crippen molar-refractivity contribution in [2.24, 2.45) is 4.99 Å². The number of nitrogens with one attached hydrogen (secondary N) is 1. The molecule has 3 aliphatic rings. The van der Waals surface area contributed by atoms with Gasteiger partial charge in [0.15, 0.2) is 0 Å². The molecule has 0 atom stereocenters. The maximum absolute atomic E-state index is 12.7. The zero-order valence-electron chi connectivity index (χ0n) is 29.7. The summed E-state index contributed by atoms with van der Waals surface area (Å²) in [6.45, 7) is 8.30. The number of aliphatic imine (C=N–C) groups is 1. The second-order valence-electron chi connectivity index (χ2n) is 13.6. The highest BCUT2D eigenvalue weighted by molar-refractivity contribution is 6.08. The van der Waals surface area contributed by atoms with Crippen LogP contribution in [0.15, 0.2) is 112 Å². The van der Waals surface area contributed by atoms with E-state index in [4.69, 9.17) is 9.41 Å². The molecule has 250 valence electrons. The molecule has 1 aliphatic carbocycles. The van der Waals surface area contributed by atoms with Crippen LogP contribution in [0.25, 0.3) is 50.1 Å². The Labute approximate surface area is 292 Å². The summed E-state index contributed by atoms with van der Waals surface area (Å²) >= 11 is 0.